The third-order valence-electron chi connectivity index (χ3n) is 6.05. The molecule has 3 rings (SSSR count). The topological polar surface area (TPSA) is 65.4 Å². The van der Waals surface area contributed by atoms with E-state index in [-0.39, 0.29) is 0 Å². The number of hydrogen-bond donors (Lipinski definition) is 1. The summed E-state index contributed by atoms with van der Waals surface area (Å²) in [5.74, 6) is 0.793. The number of ether oxygens (including phenoxy) is 1. The van der Waals surface area contributed by atoms with Crippen molar-refractivity contribution in [2.24, 2.45) is 5.92 Å². The van der Waals surface area contributed by atoms with Gasteiger partial charge in [-0.3, -0.25) is 5.32 Å². The summed E-state index contributed by atoms with van der Waals surface area (Å²) in [6, 6.07) is 14.2. The maximum absolute atomic E-state index is 12.2. The first-order chi connectivity index (χ1) is 15.3. The van der Waals surface area contributed by atoms with Crippen molar-refractivity contribution in [2.45, 2.75) is 46.5 Å². The average molecular weight is 432 g/mol. The number of aryl methyl sites for hydroxylation is 2. The van der Waals surface area contributed by atoms with E-state index in [9.17, 15) is 4.79 Å². The first-order valence-corrected chi connectivity index (χ1v) is 11.3. The van der Waals surface area contributed by atoms with Gasteiger partial charge >= 0.3 is 6.09 Å². The van der Waals surface area contributed by atoms with Crippen molar-refractivity contribution in [1.29, 1.82) is 5.26 Å². The predicted molar refractivity (Wildman–Crippen MR) is 129 cm³/mol. The third-order valence-corrected chi connectivity index (χ3v) is 6.05. The highest BCUT2D eigenvalue weighted by Gasteiger charge is 2.23. The van der Waals surface area contributed by atoms with Crippen molar-refractivity contribution in [3.05, 3.63) is 70.8 Å². The molecule has 1 heterocycles. The molecule has 1 N–H and O–H groups in total. The summed E-state index contributed by atoms with van der Waals surface area (Å²) in [4.78, 5) is 14.5. The Morgan fingerprint density at radius 1 is 1.19 bits per heavy atom. The number of nitrogens with zero attached hydrogens (tertiary/aromatic N) is 2. The molecule has 5 nitrogen and oxygen atoms in total. The number of piperidine rings is 1. The Hall–Kier alpha value is -3.26. The minimum atomic E-state index is -0.426. The fraction of sp³-hybridized carbons (Fsp3) is 0.407. The Labute approximate surface area is 191 Å². The molecule has 1 aliphatic heterocycles. The standard InChI is InChI=1S/C27H33N3O2/c1-18(2)17-32-27(31)29-26-15-25(19(3)14-20(26)4)21(5)30-12-10-24(11-13-30)23-8-6-22(16-28)7-9-23/h6-9,14-15,18,24H,5,10-13,17H2,1-4H3,(H,29,31). The van der Waals surface area contributed by atoms with Gasteiger partial charge in [-0.15, -0.1) is 0 Å². The lowest BCUT2D eigenvalue weighted by atomic mass is 9.88. The summed E-state index contributed by atoms with van der Waals surface area (Å²) >= 11 is 0. The van der Waals surface area contributed by atoms with E-state index in [0.29, 0.717) is 24.0 Å². The number of hydrogen-bond acceptors (Lipinski definition) is 4. The lowest BCUT2D eigenvalue weighted by Gasteiger charge is -2.35. The van der Waals surface area contributed by atoms with Crippen LogP contribution in [0.15, 0.2) is 43.0 Å². The van der Waals surface area contributed by atoms with Crippen molar-refractivity contribution in [1.82, 2.24) is 4.90 Å². The van der Waals surface area contributed by atoms with Crippen molar-refractivity contribution >= 4 is 17.5 Å². The Kier molecular flexibility index (Phi) is 7.58. The first kappa shape index (κ1) is 23.4. The molecule has 1 saturated heterocycles. The van der Waals surface area contributed by atoms with Crippen LogP contribution >= 0.6 is 0 Å². The number of carbonyl (C=O) groups excluding carboxylic acids is 1. The van der Waals surface area contributed by atoms with Gasteiger partial charge in [0, 0.05) is 30.0 Å². The second kappa shape index (κ2) is 10.4. The van der Waals surface area contributed by atoms with Crippen molar-refractivity contribution in [2.75, 3.05) is 25.0 Å². The molecule has 0 atom stereocenters. The van der Waals surface area contributed by atoms with Gasteiger partial charge in [-0.05, 0) is 73.4 Å². The molecule has 0 aliphatic carbocycles. The van der Waals surface area contributed by atoms with Gasteiger partial charge in [0.2, 0.25) is 0 Å². The van der Waals surface area contributed by atoms with Gasteiger partial charge in [0.15, 0.2) is 0 Å². The molecule has 0 unspecified atom stereocenters. The van der Waals surface area contributed by atoms with Gasteiger partial charge < -0.3 is 9.64 Å². The van der Waals surface area contributed by atoms with Crippen LogP contribution in [0, 0.1) is 31.1 Å². The van der Waals surface area contributed by atoms with Crippen LogP contribution in [0.5, 0.6) is 0 Å². The SMILES string of the molecule is C=C(c1cc(NC(=O)OCC(C)C)c(C)cc1C)N1CCC(c2ccc(C#N)cc2)CC1. The molecule has 0 radical (unpaired) electrons. The number of rotatable bonds is 6. The Morgan fingerprint density at radius 2 is 1.84 bits per heavy atom. The first-order valence-electron chi connectivity index (χ1n) is 11.3. The molecule has 0 saturated carbocycles. The molecule has 168 valence electrons. The Balaban J connectivity index is 1.66. The molecule has 0 aromatic heterocycles. The number of benzene rings is 2. The summed E-state index contributed by atoms with van der Waals surface area (Å²) in [5.41, 5.74) is 6.93. The van der Waals surface area contributed by atoms with E-state index in [0.717, 1.165) is 54.0 Å². The van der Waals surface area contributed by atoms with Gasteiger partial charge in [-0.1, -0.05) is 38.6 Å². The van der Waals surface area contributed by atoms with E-state index in [4.69, 9.17) is 10.00 Å². The fourth-order valence-electron chi connectivity index (χ4n) is 4.17. The summed E-state index contributed by atoms with van der Waals surface area (Å²) in [6.45, 7) is 14.7. The summed E-state index contributed by atoms with van der Waals surface area (Å²) in [7, 11) is 0. The largest absolute Gasteiger partial charge is 0.449 e. The lowest BCUT2D eigenvalue weighted by molar-refractivity contribution is 0.147. The highest BCUT2D eigenvalue weighted by Crippen LogP contribution is 2.33. The van der Waals surface area contributed by atoms with Crippen LogP contribution < -0.4 is 5.32 Å². The molecule has 1 fully saturated rings. The van der Waals surface area contributed by atoms with E-state index < -0.39 is 6.09 Å². The van der Waals surface area contributed by atoms with Crippen LogP contribution in [0.25, 0.3) is 5.70 Å². The highest BCUT2D eigenvalue weighted by molar-refractivity contribution is 5.87. The monoisotopic (exact) mass is 431 g/mol. The Bertz CT molecular complexity index is 1010. The zero-order valence-corrected chi connectivity index (χ0v) is 19.6. The molecular formula is C27H33N3O2. The molecule has 5 heteroatoms. The Morgan fingerprint density at radius 3 is 2.44 bits per heavy atom. The highest BCUT2D eigenvalue weighted by atomic mass is 16.5. The molecule has 1 aliphatic rings. The molecule has 0 spiro atoms. The smallest absolute Gasteiger partial charge is 0.411 e. The van der Waals surface area contributed by atoms with Gasteiger partial charge in [0.05, 0.1) is 18.2 Å². The van der Waals surface area contributed by atoms with Crippen LogP contribution in [0.1, 0.15) is 60.4 Å². The molecule has 0 bridgehead atoms. The van der Waals surface area contributed by atoms with Gasteiger partial charge in [-0.2, -0.15) is 5.26 Å². The van der Waals surface area contributed by atoms with Crippen LogP contribution in [0.2, 0.25) is 0 Å². The van der Waals surface area contributed by atoms with Crippen molar-refractivity contribution < 1.29 is 9.53 Å². The maximum atomic E-state index is 12.2. The number of likely N-dealkylation sites (tertiary alicyclic amines) is 1. The quantitative estimate of drug-likeness (QED) is 0.589. The van der Waals surface area contributed by atoms with Gasteiger partial charge in [0.1, 0.15) is 0 Å². The number of anilines is 1. The van der Waals surface area contributed by atoms with Crippen molar-refractivity contribution in [3.8, 4) is 6.07 Å². The fourth-order valence-corrected chi connectivity index (χ4v) is 4.17. The van der Waals surface area contributed by atoms with Crippen LogP contribution in [0.4, 0.5) is 10.5 Å². The number of nitriles is 1. The lowest BCUT2D eigenvalue weighted by Crippen LogP contribution is -2.31. The van der Waals surface area contributed by atoms with Crippen LogP contribution in [-0.2, 0) is 4.74 Å². The summed E-state index contributed by atoms with van der Waals surface area (Å²) < 4.78 is 5.28. The number of nitrogens with one attached hydrogen (secondary N) is 1. The molecular weight excluding hydrogens is 398 g/mol. The van der Waals surface area contributed by atoms with E-state index in [1.807, 2.05) is 39.0 Å². The molecule has 1 amide bonds. The second-order valence-corrected chi connectivity index (χ2v) is 9.04. The van der Waals surface area contributed by atoms with Gasteiger partial charge in [-0.25, -0.2) is 4.79 Å². The second-order valence-electron chi connectivity index (χ2n) is 9.04. The molecule has 2 aromatic carbocycles. The van der Waals surface area contributed by atoms with E-state index in [1.54, 1.807) is 0 Å². The average Bonchev–Trinajstić information content (AvgIpc) is 2.79. The third kappa shape index (κ3) is 5.70. The number of amides is 1. The van der Waals surface area contributed by atoms with Crippen LogP contribution in [-0.4, -0.2) is 30.7 Å². The van der Waals surface area contributed by atoms with E-state index in [2.05, 4.69) is 48.0 Å². The zero-order chi connectivity index (χ0) is 23.3. The molecule has 32 heavy (non-hydrogen) atoms. The minimum absolute atomic E-state index is 0.294. The minimum Gasteiger partial charge on any atom is -0.449 e. The number of carbonyl (C=O) groups is 1. The molecule has 2 aromatic rings. The normalized spacial score (nSPS) is 14.2. The van der Waals surface area contributed by atoms with Crippen LogP contribution in [0.3, 0.4) is 0 Å². The predicted octanol–water partition coefficient (Wildman–Crippen LogP) is 6.23. The maximum Gasteiger partial charge on any atom is 0.411 e. The van der Waals surface area contributed by atoms with E-state index >= 15 is 0 Å². The zero-order valence-electron chi connectivity index (χ0n) is 19.6. The van der Waals surface area contributed by atoms with Gasteiger partial charge in [0.25, 0.3) is 0 Å². The summed E-state index contributed by atoms with van der Waals surface area (Å²) in [5, 5.41) is 11.9. The van der Waals surface area contributed by atoms with E-state index in [1.165, 1.54) is 5.56 Å². The summed E-state index contributed by atoms with van der Waals surface area (Å²) in [6.07, 6.45) is 1.66. The van der Waals surface area contributed by atoms with Crippen molar-refractivity contribution in [3.63, 3.8) is 0 Å².